The molecule has 1 aliphatic rings. The van der Waals surface area contributed by atoms with E-state index in [1.807, 2.05) is 13.0 Å². The van der Waals surface area contributed by atoms with Crippen LogP contribution in [-0.4, -0.2) is 41.7 Å². The number of halogens is 3. The van der Waals surface area contributed by atoms with Crippen molar-refractivity contribution in [1.82, 2.24) is 4.72 Å². The lowest BCUT2D eigenvalue weighted by Crippen LogP contribution is -2.57. The van der Waals surface area contributed by atoms with Crippen LogP contribution in [0.2, 0.25) is 0 Å². The molecule has 2 rings (SSSR count). The van der Waals surface area contributed by atoms with Crippen LogP contribution in [0, 0.1) is 11.8 Å². The molecule has 1 aromatic carbocycles. The lowest BCUT2D eigenvalue weighted by molar-refractivity contribution is -0.178. The molecular weight excluding hydrogens is 441 g/mol. The van der Waals surface area contributed by atoms with E-state index in [9.17, 15) is 23.1 Å². The highest BCUT2D eigenvalue weighted by atomic mass is 32.2. The summed E-state index contributed by atoms with van der Waals surface area (Å²) in [5.41, 5.74) is 2.72. The molecule has 0 amide bonds. The second kappa shape index (κ2) is 10.8. The molecule has 0 radical (unpaired) electrons. The average molecular weight is 475 g/mol. The van der Waals surface area contributed by atoms with Crippen LogP contribution in [0.4, 0.5) is 24.5 Å². The van der Waals surface area contributed by atoms with E-state index in [4.69, 9.17) is 0 Å². The van der Waals surface area contributed by atoms with Crippen molar-refractivity contribution in [1.29, 1.82) is 0 Å². The number of rotatable bonds is 11. The van der Waals surface area contributed by atoms with Gasteiger partial charge in [0.05, 0.1) is 23.3 Å². The van der Waals surface area contributed by atoms with E-state index in [2.05, 4.69) is 47.6 Å². The maximum atomic E-state index is 14.0. The zero-order valence-electron chi connectivity index (χ0n) is 19.2. The van der Waals surface area contributed by atoms with Gasteiger partial charge < -0.3 is 15.3 Å². The molecule has 1 aromatic rings. The minimum atomic E-state index is -4.69. The van der Waals surface area contributed by atoms with E-state index in [1.165, 1.54) is 0 Å². The minimum Gasteiger partial charge on any atom is -0.481 e. The quantitative estimate of drug-likeness (QED) is 0.358. The Morgan fingerprint density at radius 3 is 2.31 bits per heavy atom. The summed E-state index contributed by atoms with van der Waals surface area (Å²) in [6, 6.07) is 5.27. The first kappa shape index (κ1) is 26.3. The molecule has 10 heteroatoms. The highest BCUT2D eigenvalue weighted by molar-refractivity contribution is 8.10. The Morgan fingerprint density at radius 2 is 1.88 bits per heavy atom. The molecule has 0 aliphatic carbocycles. The topological polar surface area (TPSA) is 77.0 Å². The molecule has 2 atom stereocenters. The summed E-state index contributed by atoms with van der Waals surface area (Å²) in [4.78, 5) is 17.1. The molecule has 0 spiro atoms. The van der Waals surface area contributed by atoms with Crippen LogP contribution in [0.1, 0.15) is 58.9 Å². The van der Waals surface area contributed by atoms with Crippen molar-refractivity contribution in [2.45, 2.75) is 65.3 Å². The molecule has 0 fully saturated rings. The van der Waals surface area contributed by atoms with Gasteiger partial charge >= 0.3 is 12.1 Å². The lowest BCUT2D eigenvalue weighted by Gasteiger charge is -2.35. The largest absolute Gasteiger partial charge is 0.481 e. The Balaban J connectivity index is 2.59. The number of anilines is 2. The van der Waals surface area contributed by atoms with E-state index < -0.39 is 17.9 Å². The molecule has 1 aliphatic heterocycles. The number of nitrogens with zero attached hydrogens (tertiary/aromatic N) is 2. The van der Waals surface area contributed by atoms with Crippen LogP contribution in [0.25, 0.3) is 0 Å². The van der Waals surface area contributed by atoms with Crippen LogP contribution in [-0.2, 0) is 4.79 Å². The van der Waals surface area contributed by atoms with Crippen LogP contribution in [0.3, 0.4) is 0 Å². The normalized spacial score (nSPS) is 19.6. The molecule has 6 nitrogen and oxygen atoms in total. The first-order valence-corrected chi connectivity index (χ1v) is 11.7. The van der Waals surface area contributed by atoms with Gasteiger partial charge in [-0.15, -0.1) is 0 Å². The van der Waals surface area contributed by atoms with E-state index in [0.29, 0.717) is 42.6 Å². The van der Waals surface area contributed by atoms with Crippen molar-refractivity contribution in [3.63, 3.8) is 0 Å². The summed E-state index contributed by atoms with van der Waals surface area (Å²) < 4.78 is 44.4. The van der Waals surface area contributed by atoms with Crippen molar-refractivity contribution in [3.8, 4) is 0 Å². The van der Waals surface area contributed by atoms with Crippen molar-refractivity contribution < 1.29 is 23.1 Å². The minimum absolute atomic E-state index is 0.0896. The van der Waals surface area contributed by atoms with Gasteiger partial charge in [0.25, 0.3) is 5.79 Å². The molecule has 180 valence electrons. The fraction of sp³-hybridized carbons (Fsp3) is 0.636. The molecule has 0 bridgehead atoms. The van der Waals surface area contributed by atoms with Crippen LogP contribution in [0.5, 0.6) is 0 Å². The van der Waals surface area contributed by atoms with Crippen molar-refractivity contribution >= 4 is 34.8 Å². The first-order valence-electron chi connectivity index (χ1n) is 10.8. The fourth-order valence-electron chi connectivity index (χ4n) is 3.74. The third-order valence-electron chi connectivity index (χ3n) is 5.15. The van der Waals surface area contributed by atoms with E-state index in [0.717, 1.165) is 17.5 Å². The number of hydrogen-bond acceptors (Lipinski definition) is 6. The van der Waals surface area contributed by atoms with Crippen LogP contribution >= 0.6 is 11.9 Å². The zero-order chi connectivity index (χ0) is 24.1. The second-order valence-corrected chi connectivity index (χ2v) is 9.61. The highest BCUT2D eigenvalue weighted by Gasteiger charge is 2.57. The predicted octanol–water partition coefficient (Wildman–Crippen LogP) is 5.68. The van der Waals surface area contributed by atoms with Gasteiger partial charge in [-0.25, -0.2) is 9.71 Å². The smallest absolute Gasteiger partial charge is 0.448 e. The summed E-state index contributed by atoms with van der Waals surface area (Å²) in [5.74, 6) is -3.30. The van der Waals surface area contributed by atoms with E-state index >= 15 is 0 Å². The Hall–Kier alpha value is -1.94. The highest BCUT2D eigenvalue weighted by Crippen LogP contribution is 2.41. The number of aliphatic carboxylic acids is 1. The summed E-state index contributed by atoms with van der Waals surface area (Å²) in [5, 5.41) is 11.9. The molecule has 32 heavy (non-hydrogen) atoms. The summed E-state index contributed by atoms with van der Waals surface area (Å²) in [6.07, 6.45) is -4.22. The van der Waals surface area contributed by atoms with Crippen LogP contribution in [0.15, 0.2) is 23.2 Å². The summed E-state index contributed by atoms with van der Waals surface area (Å²) in [6.45, 7) is 11.5. The van der Waals surface area contributed by atoms with E-state index in [-0.39, 0.29) is 18.0 Å². The second-order valence-electron chi connectivity index (χ2n) is 8.96. The molecular formula is C22H33F3N4O2S. The Kier molecular flexibility index (Phi) is 8.87. The number of nitrogens with one attached hydrogen (secondary N) is 2. The molecule has 3 N–H and O–H groups in total. The SMILES string of the molecule is CCC(CC(=O)O)c1ccc(N(CC(C)C)CC(C)C)c(NC2(C(F)(F)F)N=CSN2)c1. The van der Waals surface area contributed by atoms with Crippen LogP contribution < -0.4 is 14.9 Å². The average Bonchev–Trinajstić information content (AvgIpc) is 3.14. The summed E-state index contributed by atoms with van der Waals surface area (Å²) in [7, 11) is 0. The first-order chi connectivity index (χ1) is 14.9. The van der Waals surface area contributed by atoms with Gasteiger partial charge in [-0.3, -0.25) is 4.79 Å². The molecule has 0 aromatic heterocycles. The number of carboxylic acid groups (broad SMARTS) is 1. The van der Waals surface area contributed by atoms with Gasteiger partial charge in [0, 0.05) is 13.1 Å². The number of hydrogen-bond donors (Lipinski definition) is 3. The Labute approximate surface area is 192 Å². The van der Waals surface area contributed by atoms with Gasteiger partial charge in [-0.05, 0) is 53.8 Å². The lowest BCUT2D eigenvalue weighted by atomic mass is 9.92. The molecule has 0 saturated carbocycles. The monoisotopic (exact) mass is 474 g/mol. The zero-order valence-corrected chi connectivity index (χ0v) is 20.0. The maximum Gasteiger partial charge on any atom is 0.448 e. The third-order valence-corrected chi connectivity index (χ3v) is 5.77. The molecule has 1 heterocycles. The van der Waals surface area contributed by atoms with Crippen molar-refractivity contribution in [3.05, 3.63) is 23.8 Å². The van der Waals surface area contributed by atoms with Gasteiger partial charge in [0.1, 0.15) is 0 Å². The van der Waals surface area contributed by atoms with Crippen molar-refractivity contribution in [2.75, 3.05) is 23.3 Å². The van der Waals surface area contributed by atoms with Gasteiger partial charge in [0.2, 0.25) is 0 Å². The van der Waals surface area contributed by atoms with Gasteiger partial charge in [-0.1, -0.05) is 40.7 Å². The van der Waals surface area contributed by atoms with E-state index in [1.54, 1.807) is 12.1 Å². The van der Waals surface area contributed by atoms with Gasteiger partial charge in [0.15, 0.2) is 0 Å². The third kappa shape index (κ3) is 6.54. The maximum absolute atomic E-state index is 14.0. The number of alkyl halides is 3. The number of carboxylic acids is 1. The number of aliphatic imine (C=N–C) groups is 1. The number of benzene rings is 1. The standard InChI is InChI=1S/C22H33F3N4O2S/c1-6-16(10-20(30)31)17-7-8-19(29(11-14(2)3)12-15(4)5)18(9-17)27-22(21(23,24)25)26-13-32-28-22/h7-9,13-16,27-28H,6,10-12H2,1-5H3,(H,30,31). The summed E-state index contributed by atoms with van der Waals surface area (Å²) >= 11 is 0.771. The number of carbonyl (C=O) groups is 1. The molecule has 0 saturated heterocycles. The fourth-order valence-corrected chi connectivity index (χ4v) is 4.40. The predicted molar refractivity (Wildman–Crippen MR) is 125 cm³/mol. The van der Waals surface area contributed by atoms with Crippen molar-refractivity contribution in [2.24, 2.45) is 16.8 Å². The Bertz CT molecular complexity index is 807. The van der Waals surface area contributed by atoms with Gasteiger partial charge in [-0.2, -0.15) is 13.2 Å². The Morgan fingerprint density at radius 1 is 1.25 bits per heavy atom. The molecule has 2 unspecified atom stereocenters.